The van der Waals surface area contributed by atoms with E-state index in [9.17, 15) is 0 Å². The summed E-state index contributed by atoms with van der Waals surface area (Å²) in [7, 11) is 0. The third-order valence-electron chi connectivity index (χ3n) is 7.54. The van der Waals surface area contributed by atoms with E-state index in [1.165, 1.54) is 44.4 Å². The van der Waals surface area contributed by atoms with Gasteiger partial charge in [-0.2, -0.15) is 0 Å². The van der Waals surface area contributed by atoms with Gasteiger partial charge in [-0.3, -0.25) is 0 Å². The molecule has 0 bridgehead atoms. The van der Waals surface area contributed by atoms with Gasteiger partial charge in [0.1, 0.15) is 0 Å². The number of benzene rings is 5. The smallest absolute Gasteiger partial charge is 0.0280 e. The predicted octanol–water partition coefficient (Wildman–Crippen LogP) is 10.7. The summed E-state index contributed by atoms with van der Waals surface area (Å²) in [5.74, 6) is 0. The van der Waals surface area contributed by atoms with Gasteiger partial charge in [-0.15, -0.1) is 65.7 Å². The largest absolute Gasteiger partial charge is 0.305 e. The molecule has 0 atom stereocenters. The molecule has 44 heavy (non-hydrogen) atoms. The molecule has 0 N–H and O–H groups in total. The molecular formula is C41H34IrN2-2. The van der Waals surface area contributed by atoms with Crippen molar-refractivity contribution in [3.8, 4) is 33.6 Å². The minimum absolute atomic E-state index is 0. The number of hydrogen-bond acceptors (Lipinski definition) is 2. The first-order valence-electron chi connectivity index (χ1n) is 15.9. The average Bonchev–Trinajstić information content (AvgIpc) is 3.08. The Balaban J connectivity index is 0.000000217. The van der Waals surface area contributed by atoms with Gasteiger partial charge < -0.3 is 9.97 Å². The standard InChI is InChI=1S/C29H24N.C12H10N.Ir/c1-29(2,3)23-16-17-30-28(19-23)21-14-12-20(13-15-21)27-18-22-8-4-5-9-24(22)25-10-6-7-11-26(25)27;1-10-7-8-12(13-9-10)11-5-3-2-4-6-11;/h4-14,16-19H,1-3H3;2-5,7-9H,1H3;/q2*-1;/i;1D3;. The quantitative estimate of drug-likeness (QED) is 0.133. The summed E-state index contributed by atoms with van der Waals surface area (Å²) < 4.78 is 21.7. The van der Waals surface area contributed by atoms with Crippen molar-refractivity contribution < 1.29 is 24.2 Å². The normalized spacial score (nSPS) is 12.3. The van der Waals surface area contributed by atoms with Crippen LogP contribution in [0.2, 0.25) is 0 Å². The van der Waals surface area contributed by atoms with Gasteiger partial charge in [0, 0.05) is 36.6 Å². The van der Waals surface area contributed by atoms with Gasteiger partial charge in [0.15, 0.2) is 0 Å². The van der Waals surface area contributed by atoms with E-state index in [0.717, 1.165) is 22.5 Å². The van der Waals surface area contributed by atoms with Crippen molar-refractivity contribution in [3.63, 3.8) is 0 Å². The number of aryl methyl sites for hydroxylation is 1. The topological polar surface area (TPSA) is 25.8 Å². The van der Waals surface area contributed by atoms with Crippen LogP contribution in [0.5, 0.6) is 0 Å². The van der Waals surface area contributed by atoms with Crippen LogP contribution in [0.1, 0.15) is 36.0 Å². The molecule has 2 nitrogen and oxygen atoms in total. The fourth-order valence-electron chi connectivity index (χ4n) is 5.19. The van der Waals surface area contributed by atoms with Gasteiger partial charge in [0.2, 0.25) is 0 Å². The molecule has 7 aromatic rings. The molecule has 2 heterocycles. The molecule has 0 unspecified atom stereocenters. The molecule has 0 aliphatic carbocycles. The van der Waals surface area contributed by atoms with E-state index in [2.05, 4.69) is 128 Å². The Labute approximate surface area is 278 Å². The summed E-state index contributed by atoms with van der Waals surface area (Å²) in [6, 6.07) is 47.5. The summed E-state index contributed by atoms with van der Waals surface area (Å²) in [5, 5.41) is 5.11. The van der Waals surface area contributed by atoms with Crippen molar-refractivity contribution >= 4 is 21.5 Å². The van der Waals surface area contributed by atoms with Crippen LogP contribution in [0, 0.1) is 19.0 Å². The van der Waals surface area contributed by atoms with Gasteiger partial charge in [-0.25, -0.2) is 0 Å². The SMILES string of the molecule is CC(C)(C)c1ccnc(-c2[c-]cc(-c3cc4ccccc4c4ccccc34)cc2)c1.[2H]C([2H])([2H])c1ccc(-c2[c-]cccc2)nc1.[Ir]. The Morgan fingerprint density at radius 3 is 2.09 bits per heavy atom. The molecule has 1 radical (unpaired) electrons. The maximum Gasteiger partial charge on any atom is 0.0280 e. The summed E-state index contributed by atoms with van der Waals surface area (Å²) >= 11 is 0. The Hall–Kier alpha value is -4.43. The van der Waals surface area contributed by atoms with E-state index < -0.39 is 6.85 Å². The van der Waals surface area contributed by atoms with E-state index in [0.29, 0.717) is 0 Å². The second-order valence-corrected chi connectivity index (χ2v) is 11.6. The third-order valence-corrected chi connectivity index (χ3v) is 7.54. The minimum Gasteiger partial charge on any atom is -0.305 e. The van der Waals surface area contributed by atoms with Crippen LogP contribution in [-0.2, 0) is 25.5 Å². The first-order valence-corrected chi connectivity index (χ1v) is 14.4. The van der Waals surface area contributed by atoms with Crippen molar-refractivity contribution in [2.24, 2.45) is 0 Å². The average molecular weight is 750 g/mol. The van der Waals surface area contributed by atoms with Crippen molar-refractivity contribution in [3.05, 3.63) is 157 Å². The molecule has 0 saturated heterocycles. The maximum absolute atomic E-state index is 7.23. The summed E-state index contributed by atoms with van der Waals surface area (Å²) in [6.07, 6.45) is 3.29. The molecule has 2 aromatic heterocycles. The van der Waals surface area contributed by atoms with Gasteiger partial charge >= 0.3 is 0 Å². The van der Waals surface area contributed by atoms with Gasteiger partial charge in [-0.05, 0) is 62.4 Å². The Morgan fingerprint density at radius 2 is 1.41 bits per heavy atom. The minimum atomic E-state index is -2.09. The van der Waals surface area contributed by atoms with Gasteiger partial charge in [0.05, 0.1) is 0 Å². The van der Waals surface area contributed by atoms with Crippen molar-refractivity contribution in [1.29, 1.82) is 0 Å². The fourth-order valence-corrected chi connectivity index (χ4v) is 5.19. The van der Waals surface area contributed by atoms with Crippen molar-refractivity contribution in [2.75, 3.05) is 0 Å². The van der Waals surface area contributed by atoms with Crippen molar-refractivity contribution in [2.45, 2.75) is 33.0 Å². The van der Waals surface area contributed by atoms with Gasteiger partial charge in [-0.1, -0.05) is 105 Å². The molecule has 5 aromatic carbocycles. The molecule has 0 fully saturated rings. The maximum atomic E-state index is 7.23. The predicted molar refractivity (Wildman–Crippen MR) is 181 cm³/mol. The Kier molecular flexibility index (Phi) is 8.31. The number of fused-ring (bicyclic) bond motifs is 3. The van der Waals surface area contributed by atoms with Crippen molar-refractivity contribution in [1.82, 2.24) is 9.97 Å². The zero-order chi connectivity index (χ0) is 32.3. The van der Waals surface area contributed by atoms with E-state index in [4.69, 9.17) is 4.11 Å². The number of nitrogens with zero attached hydrogens (tertiary/aromatic N) is 2. The molecule has 0 amide bonds. The Bertz CT molecular complexity index is 2100. The van der Waals surface area contributed by atoms with Crippen LogP contribution in [0.4, 0.5) is 0 Å². The zero-order valence-electron chi connectivity index (χ0n) is 27.9. The number of hydrogen-bond donors (Lipinski definition) is 0. The molecule has 3 heteroatoms. The number of aromatic nitrogens is 2. The Morgan fingerprint density at radius 1 is 0.659 bits per heavy atom. The third kappa shape index (κ3) is 6.86. The van der Waals surface area contributed by atoms with E-state index in [1.807, 2.05) is 24.4 Å². The number of rotatable bonds is 3. The van der Waals surface area contributed by atoms with Crippen LogP contribution in [0.15, 0.2) is 134 Å². The molecule has 0 saturated carbocycles. The molecule has 0 aliphatic rings. The fraction of sp³-hybridized carbons (Fsp3) is 0.122. The van der Waals surface area contributed by atoms with Crippen LogP contribution in [0.25, 0.3) is 55.2 Å². The first-order chi connectivity index (χ1) is 22.1. The molecule has 0 aliphatic heterocycles. The van der Waals surface area contributed by atoms with E-state index >= 15 is 0 Å². The van der Waals surface area contributed by atoms with Crippen LogP contribution >= 0.6 is 0 Å². The second-order valence-electron chi connectivity index (χ2n) is 11.6. The van der Waals surface area contributed by atoms with E-state index in [1.54, 1.807) is 18.2 Å². The molecule has 0 spiro atoms. The second kappa shape index (κ2) is 13.5. The van der Waals surface area contributed by atoms with E-state index in [-0.39, 0.29) is 31.1 Å². The number of pyridine rings is 2. The van der Waals surface area contributed by atoms with Gasteiger partial charge in [0.25, 0.3) is 0 Å². The zero-order valence-corrected chi connectivity index (χ0v) is 27.3. The van der Waals surface area contributed by atoms with Crippen LogP contribution < -0.4 is 0 Å². The summed E-state index contributed by atoms with van der Waals surface area (Å²) in [5.41, 5.74) is 7.64. The van der Waals surface area contributed by atoms with Crippen LogP contribution in [-0.4, -0.2) is 9.97 Å². The molecule has 219 valence electrons. The summed E-state index contributed by atoms with van der Waals surface area (Å²) in [4.78, 5) is 8.71. The molecule has 7 rings (SSSR count). The molecular weight excluding hydrogens is 713 g/mol. The van der Waals surface area contributed by atoms with Crippen LogP contribution in [0.3, 0.4) is 0 Å². The monoisotopic (exact) mass is 750 g/mol. The first kappa shape index (κ1) is 27.1. The summed E-state index contributed by atoms with van der Waals surface area (Å²) in [6.45, 7) is 4.59.